The van der Waals surface area contributed by atoms with E-state index in [9.17, 15) is 5.11 Å². The molecule has 16 heavy (non-hydrogen) atoms. The van der Waals surface area contributed by atoms with Gasteiger partial charge in [0.2, 0.25) is 0 Å². The van der Waals surface area contributed by atoms with E-state index in [1.54, 1.807) is 14.2 Å². The number of hydrogen-bond acceptors (Lipinski definition) is 4. The van der Waals surface area contributed by atoms with Crippen LogP contribution in [0.25, 0.3) is 0 Å². The second-order valence-corrected chi connectivity index (χ2v) is 3.28. The van der Waals surface area contributed by atoms with Crippen LogP contribution in [0.4, 0.5) is 0 Å². The molecule has 1 rings (SSSR count). The van der Waals surface area contributed by atoms with E-state index < -0.39 is 0 Å². The lowest BCUT2D eigenvalue weighted by Gasteiger charge is -2.18. The highest BCUT2D eigenvalue weighted by Gasteiger charge is 2.17. The first kappa shape index (κ1) is 14.9. The molecule has 0 aromatic heterocycles. The van der Waals surface area contributed by atoms with Crippen molar-refractivity contribution < 1.29 is 14.6 Å². The maximum Gasteiger partial charge on any atom is 0.131 e. The lowest BCUT2D eigenvalue weighted by atomic mass is 10.0. The molecule has 0 radical (unpaired) electrons. The van der Waals surface area contributed by atoms with Crippen LogP contribution in [0.15, 0.2) is 12.1 Å². The minimum absolute atomic E-state index is 0. The fourth-order valence-corrected chi connectivity index (χ4v) is 1.49. The highest BCUT2D eigenvalue weighted by Crippen LogP contribution is 2.37. The molecule has 0 saturated heterocycles. The third-order valence-corrected chi connectivity index (χ3v) is 2.34. The molecule has 0 aliphatic carbocycles. The summed E-state index contributed by atoms with van der Waals surface area (Å²) in [5.74, 6) is 1.22. The minimum Gasteiger partial charge on any atom is -0.508 e. The summed E-state index contributed by atoms with van der Waals surface area (Å²) in [4.78, 5) is 0. The molecule has 1 atom stereocenters. The Bertz CT molecular complexity index is 319. The summed E-state index contributed by atoms with van der Waals surface area (Å²) in [5, 5.41) is 9.43. The maximum absolute atomic E-state index is 9.43. The van der Waals surface area contributed by atoms with Crippen molar-refractivity contribution in [2.24, 2.45) is 5.73 Å². The lowest BCUT2D eigenvalue weighted by Crippen LogP contribution is -2.11. The van der Waals surface area contributed by atoms with Gasteiger partial charge in [-0.3, -0.25) is 0 Å². The van der Waals surface area contributed by atoms with E-state index in [1.807, 2.05) is 6.92 Å². The standard InChI is InChI=1S/C11H17NO3.ClH/c1-4-8(12)11-9(14-2)5-7(13)6-10(11)15-3;/h5-6,8,13H,4,12H2,1-3H3;1H/t8-;/m0./s1. The predicted octanol–water partition coefficient (Wildman–Crippen LogP) is 2.24. The van der Waals surface area contributed by atoms with Crippen LogP contribution in [0.1, 0.15) is 24.9 Å². The number of methoxy groups -OCH3 is 2. The van der Waals surface area contributed by atoms with Crippen LogP contribution >= 0.6 is 12.4 Å². The Morgan fingerprint density at radius 1 is 1.25 bits per heavy atom. The summed E-state index contributed by atoms with van der Waals surface area (Å²) in [5.41, 5.74) is 6.75. The Labute approximate surface area is 102 Å². The Kier molecular flexibility index (Phi) is 6.00. The van der Waals surface area contributed by atoms with E-state index in [1.165, 1.54) is 12.1 Å². The molecule has 0 unspecified atom stereocenters. The van der Waals surface area contributed by atoms with E-state index in [-0.39, 0.29) is 24.2 Å². The molecular weight excluding hydrogens is 230 g/mol. The molecule has 0 bridgehead atoms. The predicted molar refractivity (Wildman–Crippen MR) is 65.7 cm³/mol. The fourth-order valence-electron chi connectivity index (χ4n) is 1.49. The van der Waals surface area contributed by atoms with Gasteiger partial charge in [-0.2, -0.15) is 0 Å². The molecule has 0 heterocycles. The molecule has 1 aromatic rings. The molecule has 5 heteroatoms. The van der Waals surface area contributed by atoms with E-state index in [0.29, 0.717) is 11.5 Å². The molecule has 0 spiro atoms. The molecule has 0 amide bonds. The maximum atomic E-state index is 9.43. The van der Waals surface area contributed by atoms with Gasteiger partial charge < -0.3 is 20.3 Å². The number of benzene rings is 1. The highest BCUT2D eigenvalue weighted by molar-refractivity contribution is 5.85. The van der Waals surface area contributed by atoms with Crippen molar-refractivity contribution >= 4 is 12.4 Å². The number of nitrogens with two attached hydrogens (primary N) is 1. The van der Waals surface area contributed by atoms with Crippen molar-refractivity contribution in [3.63, 3.8) is 0 Å². The molecule has 0 saturated carbocycles. The van der Waals surface area contributed by atoms with Gasteiger partial charge >= 0.3 is 0 Å². The first-order chi connectivity index (χ1) is 7.13. The zero-order valence-electron chi connectivity index (χ0n) is 9.69. The molecule has 0 fully saturated rings. The zero-order chi connectivity index (χ0) is 11.4. The Morgan fingerprint density at radius 3 is 2.00 bits per heavy atom. The third kappa shape index (κ3) is 2.93. The van der Waals surface area contributed by atoms with Crippen molar-refractivity contribution in [2.45, 2.75) is 19.4 Å². The molecular formula is C11H18ClNO3. The lowest BCUT2D eigenvalue weighted by molar-refractivity contribution is 0.370. The SMILES string of the molecule is CC[C@H](N)c1c(OC)cc(O)cc1OC.Cl. The van der Waals surface area contributed by atoms with Gasteiger partial charge in [0, 0.05) is 18.2 Å². The summed E-state index contributed by atoms with van der Waals surface area (Å²) in [6.45, 7) is 1.98. The summed E-state index contributed by atoms with van der Waals surface area (Å²) in [6.07, 6.45) is 0.775. The average Bonchev–Trinajstić information content (AvgIpc) is 2.26. The highest BCUT2D eigenvalue weighted by atomic mass is 35.5. The van der Waals surface area contributed by atoms with Crippen LogP contribution < -0.4 is 15.2 Å². The van der Waals surface area contributed by atoms with Crippen LogP contribution in [-0.4, -0.2) is 19.3 Å². The summed E-state index contributed by atoms with van der Waals surface area (Å²) in [7, 11) is 3.08. The van der Waals surface area contributed by atoms with Gasteiger partial charge in [-0.25, -0.2) is 0 Å². The first-order valence-electron chi connectivity index (χ1n) is 4.84. The van der Waals surface area contributed by atoms with Gasteiger partial charge in [0.25, 0.3) is 0 Å². The van der Waals surface area contributed by atoms with Crippen LogP contribution in [0.3, 0.4) is 0 Å². The van der Waals surface area contributed by atoms with E-state index in [0.717, 1.165) is 12.0 Å². The number of rotatable bonds is 4. The molecule has 0 aliphatic heterocycles. The molecule has 0 aliphatic rings. The minimum atomic E-state index is -0.157. The Hall–Kier alpha value is -1.13. The average molecular weight is 248 g/mol. The second-order valence-electron chi connectivity index (χ2n) is 3.28. The van der Waals surface area contributed by atoms with Crippen LogP contribution in [-0.2, 0) is 0 Å². The van der Waals surface area contributed by atoms with Gasteiger partial charge in [-0.15, -0.1) is 12.4 Å². The zero-order valence-corrected chi connectivity index (χ0v) is 10.5. The number of aromatic hydroxyl groups is 1. The van der Waals surface area contributed by atoms with Gasteiger partial charge in [-0.1, -0.05) is 6.92 Å². The van der Waals surface area contributed by atoms with Crippen LogP contribution in [0, 0.1) is 0 Å². The first-order valence-corrected chi connectivity index (χ1v) is 4.84. The molecule has 92 valence electrons. The number of phenols is 1. The quantitative estimate of drug-likeness (QED) is 0.857. The Balaban J connectivity index is 0.00000225. The monoisotopic (exact) mass is 247 g/mol. The van der Waals surface area contributed by atoms with E-state index in [4.69, 9.17) is 15.2 Å². The van der Waals surface area contributed by atoms with Crippen LogP contribution in [0.2, 0.25) is 0 Å². The van der Waals surface area contributed by atoms with Gasteiger partial charge in [-0.05, 0) is 6.42 Å². The van der Waals surface area contributed by atoms with Gasteiger partial charge in [0.1, 0.15) is 17.2 Å². The third-order valence-electron chi connectivity index (χ3n) is 2.34. The number of ether oxygens (including phenoxy) is 2. The Morgan fingerprint density at radius 2 is 1.69 bits per heavy atom. The van der Waals surface area contributed by atoms with E-state index in [2.05, 4.69) is 0 Å². The van der Waals surface area contributed by atoms with Crippen molar-refractivity contribution in [3.05, 3.63) is 17.7 Å². The number of halogens is 1. The van der Waals surface area contributed by atoms with Crippen molar-refractivity contribution in [1.82, 2.24) is 0 Å². The largest absolute Gasteiger partial charge is 0.508 e. The smallest absolute Gasteiger partial charge is 0.131 e. The van der Waals surface area contributed by atoms with Crippen molar-refractivity contribution in [1.29, 1.82) is 0 Å². The second kappa shape index (κ2) is 6.45. The number of hydrogen-bond donors (Lipinski definition) is 2. The van der Waals surface area contributed by atoms with Crippen LogP contribution in [0.5, 0.6) is 17.2 Å². The summed E-state index contributed by atoms with van der Waals surface area (Å²) in [6, 6.07) is 2.91. The summed E-state index contributed by atoms with van der Waals surface area (Å²) >= 11 is 0. The van der Waals surface area contributed by atoms with Gasteiger partial charge in [0.15, 0.2) is 0 Å². The molecule has 1 aromatic carbocycles. The van der Waals surface area contributed by atoms with Crippen molar-refractivity contribution in [2.75, 3.05) is 14.2 Å². The molecule has 3 N–H and O–H groups in total. The molecule has 4 nitrogen and oxygen atoms in total. The number of phenolic OH excluding ortho intramolecular Hbond substituents is 1. The van der Waals surface area contributed by atoms with Crippen molar-refractivity contribution in [3.8, 4) is 17.2 Å². The summed E-state index contributed by atoms with van der Waals surface area (Å²) < 4.78 is 10.3. The normalized spacial score (nSPS) is 11.5. The topological polar surface area (TPSA) is 64.7 Å². The van der Waals surface area contributed by atoms with Gasteiger partial charge in [0.05, 0.1) is 19.8 Å². The van der Waals surface area contributed by atoms with E-state index >= 15 is 0 Å². The fraction of sp³-hybridized carbons (Fsp3) is 0.455.